The van der Waals surface area contributed by atoms with E-state index in [-0.39, 0.29) is 24.0 Å². The van der Waals surface area contributed by atoms with Gasteiger partial charge in [-0.25, -0.2) is 0 Å². The highest BCUT2D eigenvalue weighted by Gasteiger charge is 2.65. The van der Waals surface area contributed by atoms with Gasteiger partial charge >= 0.3 is 0 Å². The molecule has 0 radical (unpaired) electrons. The highest BCUT2D eigenvalue weighted by molar-refractivity contribution is 6.24. The summed E-state index contributed by atoms with van der Waals surface area (Å²) in [5.41, 5.74) is -0.654. The first-order valence-corrected chi connectivity index (χ1v) is 10.5. The predicted octanol–water partition coefficient (Wildman–Crippen LogP) is -0.514. The fourth-order valence-corrected chi connectivity index (χ4v) is 5.51. The van der Waals surface area contributed by atoms with Gasteiger partial charge in [0.25, 0.3) is 12.4 Å². The Morgan fingerprint density at radius 3 is 2.26 bits per heavy atom. The quantitative estimate of drug-likeness (QED) is 0.207. The minimum Gasteiger partial charge on any atom is -0.510 e. The number of aliphatic hydroxyl groups is 4. The van der Waals surface area contributed by atoms with Gasteiger partial charge in [0, 0.05) is 17.4 Å². The molecule has 0 aliphatic heterocycles. The number of rotatable bonds is 2. The van der Waals surface area contributed by atoms with Crippen LogP contribution >= 0.6 is 0 Å². The molecule has 0 heterocycles. The number of carboxylic acid groups (broad SMARTS) is 1. The van der Waals surface area contributed by atoms with E-state index in [1.54, 1.807) is 0 Å². The van der Waals surface area contributed by atoms with E-state index in [2.05, 4.69) is 0 Å². The third-order valence-electron chi connectivity index (χ3n) is 7.02. The van der Waals surface area contributed by atoms with Gasteiger partial charge in [0.1, 0.15) is 22.8 Å². The number of hydrogen-bond donors (Lipinski definition) is 7. The summed E-state index contributed by atoms with van der Waals surface area (Å²) < 4.78 is 0. The lowest BCUT2D eigenvalue weighted by Gasteiger charge is -2.52. The van der Waals surface area contributed by atoms with Crippen LogP contribution in [0.5, 0.6) is 5.75 Å². The molecule has 0 unspecified atom stereocenters. The number of aromatic hydroxyl groups is 1. The van der Waals surface area contributed by atoms with Crippen molar-refractivity contribution < 1.29 is 49.8 Å². The molecule has 0 bridgehead atoms. The number of phenols is 1. The predicted molar refractivity (Wildman–Crippen MR) is 118 cm³/mol. The van der Waals surface area contributed by atoms with Gasteiger partial charge in [0.2, 0.25) is 5.78 Å². The topological polar surface area (TPSA) is 219 Å². The number of Topliss-reactive ketones (excluding diaryl/α,β-unsaturated/α-hetero) is 2. The number of benzene rings is 1. The van der Waals surface area contributed by atoms with Crippen LogP contribution in [0.2, 0.25) is 0 Å². The van der Waals surface area contributed by atoms with Crippen LogP contribution < -0.4 is 5.73 Å². The molecule has 0 fully saturated rings. The molecule has 0 spiro atoms. The van der Waals surface area contributed by atoms with E-state index in [9.17, 15) is 39.9 Å². The first-order valence-electron chi connectivity index (χ1n) is 10.5. The van der Waals surface area contributed by atoms with Crippen molar-refractivity contribution >= 4 is 23.9 Å². The second-order valence-corrected chi connectivity index (χ2v) is 9.07. The summed E-state index contributed by atoms with van der Waals surface area (Å²) in [6.45, 7) is 1.15. The van der Waals surface area contributed by atoms with Crippen LogP contribution in [0.3, 0.4) is 0 Å². The van der Waals surface area contributed by atoms with Crippen molar-refractivity contribution in [2.45, 2.75) is 30.6 Å². The van der Waals surface area contributed by atoms with Crippen LogP contribution in [0.1, 0.15) is 29.3 Å². The smallest absolute Gasteiger partial charge is 0.290 e. The van der Waals surface area contributed by atoms with Gasteiger partial charge < -0.3 is 36.4 Å². The van der Waals surface area contributed by atoms with Gasteiger partial charge in [-0.05, 0) is 39.1 Å². The molecule has 1 aromatic carbocycles. The number of phenolic OH excluding ortho intramolecular Hbond substituents is 1. The molecule has 0 saturated heterocycles. The Labute approximate surface area is 199 Å². The first kappa shape index (κ1) is 25.9. The Bertz CT molecular complexity index is 1200. The second kappa shape index (κ2) is 8.48. The molecular weight excluding hydrogens is 464 g/mol. The number of nitrogens with two attached hydrogens (primary N) is 1. The van der Waals surface area contributed by atoms with E-state index in [4.69, 9.17) is 15.6 Å². The van der Waals surface area contributed by atoms with Gasteiger partial charge in [-0.1, -0.05) is 12.1 Å². The zero-order valence-electron chi connectivity index (χ0n) is 19.1. The highest BCUT2D eigenvalue weighted by Crippen LogP contribution is 2.56. The minimum absolute atomic E-state index is 0.135. The van der Waals surface area contributed by atoms with Gasteiger partial charge in [-0.15, -0.1) is 0 Å². The van der Waals surface area contributed by atoms with Crippen LogP contribution in [-0.2, 0) is 20.0 Å². The van der Waals surface area contributed by atoms with Crippen molar-refractivity contribution in [1.82, 2.24) is 4.90 Å². The van der Waals surface area contributed by atoms with Crippen LogP contribution in [0.15, 0.2) is 40.9 Å². The van der Waals surface area contributed by atoms with E-state index in [1.165, 1.54) is 44.1 Å². The van der Waals surface area contributed by atoms with Crippen molar-refractivity contribution in [3.8, 4) is 5.75 Å². The molecule has 188 valence electrons. The molecule has 8 N–H and O–H groups in total. The number of amides is 1. The maximum Gasteiger partial charge on any atom is 0.290 e. The number of nitrogens with zero attached hydrogens (tertiary/aromatic N) is 1. The molecule has 3 aliphatic rings. The van der Waals surface area contributed by atoms with Gasteiger partial charge in [-0.3, -0.25) is 24.1 Å². The summed E-state index contributed by atoms with van der Waals surface area (Å²) in [6.07, 6.45) is -0.200. The summed E-state index contributed by atoms with van der Waals surface area (Å²) in [5, 5.41) is 61.9. The van der Waals surface area contributed by atoms with Crippen LogP contribution in [0.4, 0.5) is 0 Å². The lowest BCUT2D eigenvalue weighted by Crippen LogP contribution is -2.65. The summed E-state index contributed by atoms with van der Waals surface area (Å²) in [6, 6.07) is 3.05. The van der Waals surface area contributed by atoms with Gasteiger partial charge in [0.15, 0.2) is 11.4 Å². The van der Waals surface area contributed by atoms with E-state index < -0.39 is 75.0 Å². The number of likely N-dealkylation sites (N-methyl/N-ethyl adjacent to an activating group) is 1. The summed E-state index contributed by atoms with van der Waals surface area (Å²) in [4.78, 5) is 48.2. The van der Waals surface area contributed by atoms with E-state index in [1.807, 2.05) is 0 Å². The maximum absolute atomic E-state index is 13.3. The van der Waals surface area contributed by atoms with Gasteiger partial charge in [-0.2, -0.15) is 0 Å². The van der Waals surface area contributed by atoms with Crippen molar-refractivity contribution in [2.24, 2.45) is 17.6 Å². The lowest BCUT2D eigenvalue weighted by molar-refractivity contribution is -0.152. The third-order valence-corrected chi connectivity index (χ3v) is 7.02. The molecule has 12 heteroatoms. The molecule has 35 heavy (non-hydrogen) atoms. The average Bonchev–Trinajstić information content (AvgIpc) is 2.74. The Morgan fingerprint density at radius 1 is 1.17 bits per heavy atom. The fourth-order valence-electron chi connectivity index (χ4n) is 5.51. The Balaban J connectivity index is 0.00000108. The first-order chi connectivity index (χ1) is 16.2. The molecule has 5 atom stereocenters. The Hall–Kier alpha value is -3.74. The molecule has 1 aromatic rings. The standard InChI is InChI=1S/C22H24N2O8.CH2O2/c1-21(31)8-5-4-6-11(25)12(8)16(26)13-9(21)7-10-15(24(2)3)17(27)14(20(23)30)19(29)22(10,32)18(13)28;2-1-3/h4-6,9-10,15,25,27-28,31-32H,7H2,1-3H3,(H2,23,30);1H,(H,2,3)/t9-,10-,15-,21+,22-;/m0./s1. The maximum atomic E-state index is 13.3. The normalized spacial score (nSPS) is 31.8. The summed E-state index contributed by atoms with van der Waals surface area (Å²) in [7, 11) is 3.06. The molecule has 0 aromatic heterocycles. The van der Waals surface area contributed by atoms with E-state index in [0.29, 0.717) is 0 Å². The minimum atomic E-state index is -2.75. The largest absolute Gasteiger partial charge is 0.510 e. The monoisotopic (exact) mass is 490 g/mol. The highest BCUT2D eigenvalue weighted by atomic mass is 16.4. The number of fused-ring (bicyclic) bond motifs is 3. The summed E-state index contributed by atoms with van der Waals surface area (Å²) in [5.74, 6) is -7.89. The molecular formula is C23H26N2O10. The van der Waals surface area contributed by atoms with Crippen molar-refractivity contribution in [1.29, 1.82) is 0 Å². The molecule has 4 rings (SSSR count). The van der Waals surface area contributed by atoms with E-state index in [0.717, 1.165) is 0 Å². The zero-order chi connectivity index (χ0) is 26.6. The number of ketones is 2. The number of aliphatic hydroxyl groups excluding tert-OH is 2. The van der Waals surface area contributed by atoms with Gasteiger partial charge in [0.05, 0.1) is 17.2 Å². The summed E-state index contributed by atoms with van der Waals surface area (Å²) >= 11 is 0. The number of hydrogen-bond acceptors (Lipinski definition) is 10. The SMILES string of the molecule is CN(C)[C@@H]1C(O)=C(C(N)=O)C(=O)[C@@]2(O)C(O)=C3C(=O)c4c(O)cccc4[C@@](C)(O)[C@H]3C[C@@H]12.O=CO. The third kappa shape index (κ3) is 3.40. The number of primary amides is 1. The zero-order valence-corrected chi connectivity index (χ0v) is 19.1. The van der Waals surface area contributed by atoms with Crippen molar-refractivity contribution in [2.75, 3.05) is 14.1 Å². The van der Waals surface area contributed by atoms with Crippen LogP contribution in [-0.4, -0.2) is 85.2 Å². The fraction of sp³-hybridized carbons (Fsp3) is 0.391. The number of carbonyl (C=O) groups excluding carboxylic acids is 3. The lowest BCUT2D eigenvalue weighted by atomic mass is 9.55. The van der Waals surface area contributed by atoms with Crippen LogP contribution in [0.25, 0.3) is 0 Å². The molecule has 12 nitrogen and oxygen atoms in total. The van der Waals surface area contributed by atoms with Crippen molar-refractivity contribution in [3.05, 3.63) is 52.0 Å². The molecule has 1 amide bonds. The molecule has 0 saturated carbocycles. The Morgan fingerprint density at radius 2 is 1.74 bits per heavy atom. The van der Waals surface area contributed by atoms with E-state index >= 15 is 0 Å². The molecule has 3 aliphatic carbocycles. The second-order valence-electron chi connectivity index (χ2n) is 9.07. The number of carbonyl (C=O) groups is 4. The van der Waals surface area contributed by atoms with Crippen LogP contribution in [0, 0.1) is 11.8 Å². The van der Waals surface area contributed by atoms with Crippen molar-refractivity contribution in [3.63, 3.8) is 0 Å². The Kier molecular flexibility index (Phi) is 6.27. The average molecular weight is 490 g/mol.